The summed E-state index contributed by atoms with van der Waals surface area (Å²) in [5.41, 5.74) is 2.83. The molecule has 1 heterocycles. The van der Waals surface area contributed by atoms with Crippen LogP contribution < -0.4 is 5.32 Å². The SMILES string of the molecule is C=CCC1(CC=C)CCNc2cc(Br)ccc21. The van der Waals surface area contributed by atoms with Crippen LogP contribution in [0.2, 0.25) is 0 Å². The highest BCUT2D eigenvalue weighted by molar-refractivity contribution is 9.10. The lowest BCUT2D eigenvalue weighted by Gasteiger charge is -2.38. The second kappa shape index (κ2) is 5.09. The molecule has 0 saturated heterocycles. The molecule has 1 aromatic rings. The molecule has 0 aliphatic carbocycles. The molecular formula is C15H18BrN. The van der Waals surface area contributed by atoms with Crippen LogP contribution in [0.3, 0.4) is 0 Å². The number of fused-ring (bicyclic) bond motifs is 1. The summed E-state index contributed by atoms with van der Waals surface area (Å²) < 4.78 is 1.12. The molecule has 1 aromatic carbocycles. The van der Waals surface area contributed by atoms with Crippen LogP contribution in [0.25, 0.3) is 0 Å². The number of hydrogen-bond acceptors (Lipinski definition) is 1. The molecule has 90 valence electrons. The molecule has 2 heteroatoms. The fourth-order valence-electron chi connectivity index (χ4n) is 2.76. The van der Waals surface area contributed by atoms with Gasteiger partial charge in [0, 0.05) is 22.1 Å². The summed E-state index contributed by atoms with van der Waals surface area (Å²) in [7, 11) is 0. The topological polar surface area (TPSA) is 12.0 Å². The van der Waals surface area contributed by atoms with Crippen molar-refractivity contribution >= 4 is 21.6 Å². The van der Waals surface area contributed by atoms with Crippen molar-refractivity contribution in [2.24, 2.45) is 0 Å². The van der Waals surface area contributed by atoms with Crippen molar-refractivity contribution < 1.29 is 0 Å². The highest BCUT2D eigenvalue weighted by Crippen LogP contribution is 2.43. The molecule has 1 aliphatic rings. The summed E-state index contributed by atoms with van der Waals surface area (Å²) in [4.78, 5) is 0. The minimum absolute atomic E-state index is 0.185. The Morgan fingerprint density at radius 2 is 2.00 bits per heavy atom. The van der Waals surface area contributed by atoms with Gasteiger partial charge in [0.15, 0.2) is 0 Å². The van der Waals surface area contributed by atoms with E-state index in [1.54, 1.807) is 0 Å². The van der Waals surface area contributed by atoms with Crippen molar-refractivity contribution in [3.63, 3.8) is 0 Å². The second-order valence-corrected chi connectivity index (χ2v) is 5.55. The third-order valence-electron chi connectivity index (χ3n) is 3.54. The molecule has 1 N–H and O–H groups in total. The molecule has 0 atom stereocenters. The summed E-state index contributed by atoms with van der Waals surface area (Å²) in [5, 5.41) is 3.48. The van der Waals surface area contributed by atoms with Crippen molar-refractivity contribution in [2.45, 2.75) is 24.7 Å². The normalized spacial score (nSPS) is 16.8. The first-order chi connectivity index (χ1) is 8.22. The van der Waals surface area contributed by atoms with Crippen molar-refractivity contribution in [2.75, 3.05) is 11.9 Å². The Morgan fingerprint density at radius 3 is 2.65 bits per heavy atom. The maximum absolute atomic E-state index is 3.91. The standard InChI is InChI=1S/C15H18BrN/c1-3-7-15(8-4-2)9-10-17-14-11-12(16)5-6-13(14)15/h3-6,11,17H,1-2,7-10H2. The van der Waals surface area contributed by atoms with Crippen molar-refractivity contribution in [3.8, 4) is 0 Å². The van der Waals surface area contributed by atoms with Crippen LogP contribution >= 0.6 is 15.9 Å². The van der Waals surface area contributed by atoms with Gasteiger partial charge in [-0.2, -0.15) is 0 Å². The van der Waals surface area contributed by atoms with Gasteiger partial charge in [0.2, 0.25) is 0 Å². The zero-order valence-corrected chi connectivity index (χ0v) is 11.6. The van der Waals surface area contributed by atoms with Crippen LogP contribution in [0.5, 0.6) is 0 Å². The Labute approximate surface area is 112 Å². The Hall–Kier alpha value is -1.02. The van der Waals surface area contributed by atoms with E-state index in [2.05, 4.69) is 52.6 Å². The van der Waals surface area contributed by atoms with Gasteiger partial charge in [-0.1, -0.05) is 34.1 Å². The summed E-state index contributed by atoms with van der Waals surface area (Å²) >= 11 is 3.53. The summed E-state index contributed by atoms with van der Waals surface area (Å²) in [6, 6.07) is 6.50. The molecular weight excluding hydrogens is 274 g/mol. The Bertz CT molecular complexity index is 427. The molecule has 0 radical (unpaired) electrons. The maximum atomic E-state index is 3.91. The number of allylic oxidation sites excluding steroid dienone is 2. The average molecular weight is 292 g/mol. The predicted octanol–water partition coefficient (Wildman–Crippen LogP) is 4.65. The average Bonchev–Trinajstić information content (AvgIpc) is 2.29. The third kappa shape index (κ3) is 2.32. The monoisotopic (exact) mass is 291 g/mol. The van der Waals surface area contributed by atoms with Gasteiger partial charge >= 0.3 is 0 Å². The van der Waals surface area contributed by atoms with Crippen LogP contribution in [-0.2, 0) is 5.41 Å². The molecule has 0 bridgehead atoms. The van der Waals surface area contributed by atoms with Gasteiger partial charge in [-0.25, -0.2) is 0 Å². The first-order valence-electron chi connectivity index (χ1n) is 5.97. The Balaban J connectivity index is 2.49. The number of anilines is 1. The summed E-state index contributed by atoms with van der Waals surface area (Å²) in [6.07, 6.45) is 7.21. The van der Waals surface area contributed by atoms with Gasteiger partial charge in [0.25, 0.3) is 0 Å². The number of benzene rings is 1. The van der Waals surface area contributed by atoms with E-state index in [0.717, 1.165) is 30.3 Å². The zero-order valence-electron chi connectivity index (χ0n) is 10.0. The number of hydrogen-bond donors (Lipinski definition) is 1. The molecule has 0 aromatic heterocycles. The van der Waals surface area contributed by atoms with Crippen molar-refractivity contribution in [3.05, 3.63) is 53.5 Å². The summed E-state index contributed by atoms with van der Waals surface area (Å²) in [6.45, 7) is 8.84. The van der Waals surface area contributed by atoms with E-state index in [1.165, 1.54) is 11.3 Å². The smallest absolute Gasteiger partial charge is 0.0389 e. The molecule has 0 unspecified atom stereocenters. The molecule has 0 saturated carbocycles. The lowest BCUT2D eigenvalue weighted by Crippen LogP contribution is -2.33. The Morgan fingerprint density at radius 1 is 1.29 bits per heavy atom. The number of nitrogens with one attached hydrogen (secondary N) is 1. The third-order valence-corrected chi connectivity index (χ3v) is 4.04. The quantitative estimate of drug-likeness (QED) is 0.796. The van der Waals surface area contributed by atoms with Crippen LogP contribution in [0.1, 0.15) is 24.8 Å². The van der Waals surface area contributed by atoms with E-state index in [-0.39, 0.29) is 5.41 Å². The molecule has 0 fully saturated rings. The van der Waals surface area contributed by atoms with Gasteiger partial charge in [-0.15, -0.1) is 13.2 Å². The maximum Gasteiger partial charge on any atom is 0.0389 e. The van der Waals surface area contributed by atoms with Crippen LogP contribution in [0.4, 0.5) is 5.69 Å². The van der Waals surface area contributed by atoms with E-state index in [1.807, 2.05) is 12.2 Å². The summed E-state index contributed by atoms with van der Waals surface area (Å²) in [5.74, 6) is 0. The lowest BCUT2D eigenvalue weighted by atomic mass is 9.70. The van der Waals surface area contributed by atoms with E-state index in [9.17, 15) is 0 Å². The first kappa shape index (κ1) is 12.4. The number of halogens is 1. The van der Waals surface area contributed by atoms with Gasteiger partial charge in [0.05, 0.1) is 0 Å². The first-order valence-corrected chi connectivity index (χ1v) is 6.77. The highest BCUT2D eigenvalue weighted by atomic mass is 79.9. The van der Waals surface area contributed by atoms with Crippen LogP contribution in [0, 0.1) is 0 Å². The number of rotatable bonds is 4. The van der Waals surface area contributed by atoms with Gasteiger partial charge < -0.3 is 5.32 Å². The van der Waals surface area contributed by atoms with Crippen molar-refractivity contribution in [1.82, 2.24) is 0 Å². The van der Waals surface area contributed by atoms with E-state index in [0.29, 0.717) is 0 Å². The molecule has 0 spiro atoms. The zero-order chi connectivity index (χ0) is 12.3. The molecule has 2 rings (SSSR count). The minimum atomic E-state index is 0.185. The fraction of sp³-hybridized carbons (Fsp3) is 0.333. The van der Waals surface area contributed by atoms with E-state index in [4.69, 9.17) is 0 Å². The molecule has 1 nitrogen and oxygen atoms in total. The van der Waals surface area contributed by atoms with Crippen LogP contribution in [-0.4, -0.2) is 6.54 Å². The highest BCUT2D eigenvalue weighted by Gasteiger charge is 2.34. The molecule has 1 aliphatic heterocycles. The largest absolute Gasteiger partial charge is 0.385 e. The second-order valence-electron chi connectivity index (χ2n) is 4.63. The minimum Gasteiger partial charge on any atom is -0.385 e. The van der Waals surface area contributed by atoms with E-state index >= 15 is 0 Å². The lowest BCUT2D eigenvalue weighted by molar-refractivity contribution is 0.403. The fourth-order valence-corrected chi connectivity index (χ4v) is 3.12. The van der Waals surface area contributed by atoms with Gasteiger partial charge in [-0.05, 0) is 37.0 Å². The van der Waals surface area contributed by atoms with Gasteiger partial charge in [-0.3, -0.25) is 0 Å². The molecule has 17 heavy (non-hydrogen) atoms. The van der Waals surface area contributed by atoms with Crippen LogP contribution in [0.15, 0.2) is 48.0 Å². The van der Waals surface area contributed by atoms with Crippen molar-refractivity contribution in [1.29, 1.82) is 0 Å². The predicted molar refractivity (Wildman–Crippen MR) is 78.6 cm³/mol. The van der Waals surface area contributed by atoms with E-state index < -0.39 is 0 Å². The molecule has 0 amide bonds. The van der Waals surface area contributed by atoms with Gasteiger partial charge in [0.1, 0.15) is 0 Å². The Kier molecular flexibility index (Phi) is 3.72.